The van der Waals surface area contributed by atoms with E-state index >= 15 is 0 Å². The Kier molecular flexibility index (Phi) is 19.1. The monoisotopic (exact) mass is 434 g/mol. The van der Waals surface area contributed by atoms with Crippen molar-refractivity contribution in [2.24, 2.45) is 0 Å². The second-order valence-corrected chi connectivity index (χ2v) is 7.16. The van der Waals surface area contributed by atoms with Crippen molar-refractivity contribution in [2.75, 3.05) is 13.2 Å². The summed E-state index contributed by atoms with van der Waals surface area (Å²) < 4.78 is 9.47. The summed E-state index contributed by atoms with van der Waals surface area (Å²) in [6.07, 6.45) is 22.0. The van der Waals surface area contributed by atoms with E-state index in [1.54, 1.807) is 6.08 Å². The third-order valence-corrected chi connectivity index (χ3v) is 4.10. The molecule has 0 aromatic heterocycles. The van der Waals surface area contributed by atoms with Gasteiger partial charge in [-0.2, -0.15) is 0 Å². The van der Waals surface area contributed by atoms with Crippen molar-refractivity contribution in [1.82, 2.24) is 0 Å². The van der Waals surface area contributed by atoms with Crippen LogP contribution in [0.4, 0.5) is 0 Å². The lowest BCUT2D eigenvalue weighted by atomic mass is 10.1. The van der Waals surface area contributed by atoms with Gasteiger partial charge in [0.1, 0.15) is 19.3 Å². The molecular weight excluding hydrogens is 396 g/mol. The van der Waals surface area contributed by atoms with E-state index in [2.05, 4.69) is 36.0 Å². The van der Waals surface area contributed by atoms with Crippen molar-refractivity contribution in [3.63, 3.8) is 0 Å². The first kappa shape index (κ1) is 28.5. The minimum absolute atomic E-state index is 0.0592. The van der Waals surface area contributed by atoms with Crippen molar-refractivity contribution >= 4 is 17.7 Å². The molecule has 0 heterocycles. The lowest BCUT2D eigenvalue weighted by Gasteiger charge is -2.10. The Morgan fingerprint density at radius 1 is 0.839 bits per heavy atom. The molecule has 0 aliphatic carbocycles. The van der Waals surface area contributed by atoms with Crippen LogP contribution in [0.2, 0.25) is 0 Å². The molecule has 0 radical (unpaired) electrons. The van der Waals surface area contributed by atoms with Gasteiger partial charge in [0.15, 0.2) is 5.78 Å². The van der Waals surface area contributed by atoms with Crippen molar-refractivity contribution in [1.29, 1.82) is 0 Å². The van der Waals surface area contributed by atoms with E-state index in [1.807, 2.05) is 12.2 Å². The van der Waals surface area contributed by atoms with Crippen LogP contribution in [0, 0.1) is 0 Å². The largest absolute Gasteiger partial charge is 0.463 e. The van der Waals surface area contributed by atoms with Crippen molar-refractivity contribution in [3.8, 4) is 0 Å². The van der Waals surface area contributed by atoms with Gasteiger partial charge in [0.2, 0.25) is 0 Å². The molecule has 0 spiro atoms. The second kappa shape index (κ2) is 20.8. The summed E-state index contributed by atoms with van der Waals surface area (Å²) in [6, 6.07) is 0. The van der Waals surface area contributed by atoms with E-state index < -0.39 is 18.0 Å². The number of rotatable bonds is 18. The Hall–Kier alpha value is -2.47. The second-order valence-electron chi connectivity index (χ2n) is 7.16. The Morgan fingerprint density at radius 3 is 2.23 bits per heavy atom. The molecule has 1 atom stereocenters. The molecule has 0 bridgehead atoms. The zero-order chi connectivity index (χ0) is 23.2. The summed E-state index contributed by atoms with van der Waals surface area (Å²) in [4.78, 5) is 33.9. The molecule has 1 N–H and O–H groups in total. The van der Waals surface area contributed by atoms with Crippen LogP contribution in [-0.2, 0) is 23.9 Å². The summed E-state index contributed by atoms with van der Waals surface area (Å²) in [5.41, 5.74) is 0. The summed E-state index contributed by atoms with van der Waals surface area (Å²) in [7, 11) is 0. The van der Waals surface area contributed by atoms with E-state index in [1.165, 1.54) is 32.3 Å². The standard InChI is InChI=1S/C25H38O6/c1-3-4-5-6-7-8-9-10-11-12-13-14-15-17-23(27)18-16-19-25(29)31-21-24(28)20-30-22(2)26/h7-8,10-11,13-15,17,24,28H,3-6,9,12,16,18-21H2,1-2H3/b8-7-,11-10-,14-13-,17-15+/t24-/m1/s1. The number of hydrogen-bond donors (Lipinski definition) is 1. The first-order valence-corrected chi connectivity index (χ1v) is 11.1. The molecule has 6 nitrogen and oxygen atoms in total. The van der Waals surface area contributed by atoms with Gasteiger partial charge >= 0.3 is 11.9 Å². The SMILES string of the molecule is CCCCC/C=C\C/C=C\C/C=C\C=C\C(=O)CCCC(=O)OC[C@H](O)COC(C)=O. The molecule has 0 amide bonds. The highest BCUT2D eigenvalue weighted by Crippen LogP contribution is 2.02. The maximum Gasteiger partial charge on any atom is 0.305 e. The van der Waals surface area contributed by atoms with E-state index in [9.17, 15) is 19.5 Å². The molecule has 0 saturated heterocycles. The third-order valence-electron chi connectivity index (χ3n) is 4.10. The maximum atomic E-state index is 11.8. The van der Waals surface area contributed by atoms with Gasteiger partial charge in [0.25, 0.3) is 0 Å². The minimum atomic E-state index is -1.05. The van der Waals surface area contributed by atoms with E-state index in [-0.39, 0.29) is 31.8 Å². The number of carbonyl (C=O) groups is 3. The molecule has 0 aromatic rings. The maximum absolute atomic E-state index is 11.8. The van der Waals surface area contributed by atoms with Gasteiger partial charge in [0.05, 0.1) is 0 Å². The highest BCUT2D eigenvalue weighted by atomic mass is 16.6. The molecule has 0 unspecified atom stereocenters. The summed E-state index contributed by atoms with van der Waals surface area (Å²) in [6.45, 7) is 2.98. The van der Waals surface area contributed by atoms with Crippen LogP contribution in [0.15, 0.2) is 48.6 Å². The van der Waals surface area contributed by atoms with Gasteiger partial charge in [-0.3, -0.25) is 14.4 Å². The third kappa shape index (κ3) is 22.0. The number of esters is 2. The summed E-state index contributed by atoms with van der Waals surface area (Å²) in [5, 5.41) is 9.48. The van der Waals surface area contributed by atoms with Crippen LogP contribution < -0.4 is 0 Å². The van der Waals surface area contributed by atoms with Gasteiger partial charge in [-0.05, 0) is 38.2 Å². The van der Waals surface area contributed by atoms with Crippen LogP contribution in [-0.4, -0.2) is 42.1 Å². The topological polar surface area (TPSA) is 89.9 Å². The zero-order valence-electron chi connectivity index (χ0n) is 19.0. The van der Waals surface area contributed by atoms with Crippen LogP contribution in [0.1, 0.15) is 71.6 Å². The number of carbonyl (C=O) groups excluding carboxylic acids is 3. The molecule has 0 aromatic carbocycles. The number of allylic oxidation sites excluding steroid dienone is 8. The lowest BCUT2D eigenvalue weighted by Crippen LogP contribution is -2.24. The quantitative estimate of drug-likeness (QED) is 0.110. The molecule has 6 heteroatoms. The predicted molar refractivity (Wildman–Crippen MR) is 122 cm³/mol. The van der Waals surface area contributed by atoms with E-state index in [4.69, 9.17) is 4.74 Å². The fourth-order valence-electron chi connectivity index (χ4n) is 2.41. The Bertz CT molecular complexity index is 616. The highest BCUT2D eigenvalue weighted by Gasteiger charge is 2.10. The smallest absolute Gasteiger partial charge is 0.305 e. The van der Waals surface area contributed by atoms with Gasteiger partial charge < -0.3 is 14.6 Å². The van der Waals surface area contributed by atoms with Gasteiger partial charge in [0, 0.05) is 19.8 Å². The summed E-state index contributed by atoms with van der Waals surface area (Å²) in [5.74, 6) is -1.07. The number of ketones is 1. The van der Waals surface area contributed by atoms with E-state index in [0.717, 1.165) is 19.3 Å². The number of ether oxygens (including phenoxy) is 2. The predicted octanol–water partition coefficient (Wildman–Crippen LogP) is 4.78. The minimum Gasteiger partial charge on any atom is -0.463 e. The van der Waals surface area contributed by atoms with E-state index in [0.29, 0.717) is 6.42 Å². The number of aliphatic hydroxyl groups is 1. The molecule has 174 valence electrons. The molecule has 0 saturated carbocycles. The first-order chi connectivity index (χ1) is 15.0. The highest BCUT2D eigenvalue weighted by molar-refractivity contribution is 5.90. The van der Waals surface area contributed by atoms with Crippen LogP contribution >= 0.6 is 0 Å². The normalized spacial score (nSPS) is 12.9. The molecule has 0 aliphatic heterocycles. The van der Waals surface area contributed by atoms with Crippen LogP contribution in [0.3, 0.4) is 0 Å². The molecule has 0 aliphatic rings. The number of unbranched alkanes of at least 4 members (excludes halogenated alkanes) is 3. The van der Waals surface area contributed by atoms with Crippen molar-refractivity contribution in [2.45, 2.75) is 77.7 Å². The average Bonchev–Trinajstić information content (AvgIpc) is 2.74. The fraction of sp³-hybridized carbons (Fsp3) is 0.560. The van der Waals surface area contributed by atoms with Crippen molar-refractivity contribution < 1.29 is 29.0 Å². The van der Waals surface area contributed by atoms with Gasteiger partial charge in [-0.25, -0.2) is 0 Å². The molecule has 0 rings (SSSR count). The van der Waals surface area contributed by atoms with Crippen LogP contribution in [0.5, 0.6) is 0 Å². The Balaban J connectivity index is 3.75. The van der Waals surface area contributed by atoms with Crippen LogP contribution in [0.25, 0.3) is 0 Å². The number of aliphatic hydroxyl groups excluding tert-OH is 1. The molecular formula is C25H38O6. The Morgan fingerprint density at radius 2 is 1.52 bits per heavy atom. The molecule has 0 fully saturated rings. The summed E-state index contributed by atoms with van der Waals surface area (Å²) >= 11 is 0. The van der Waals surface area contributed by atoms with Crippen molar-refractivity contribution in [3.05, 3.63) is 48.6 Å². The molecule has 31 heavy (non-hydrogen) atoms. The number of hydrogen-bond acceptors (Lipinski definition) is 6. The Labute approximate surface area is 186 Å². The van der Waals surface area contributed by atoms with Gasteiger partial charge in [-0.1, -0.05) is 62.3 Å². The lowest BCUT2D eigenvalue weighted by molar-refractivity contribution is -0.151. The van der Waals surface area contributed by atoms with Gasteiger partial charge in [-0.15, -0.1) is 0 Å². The zero-order valence-corrected chi connectivity index (χ0v) is 19.0. The average molecular weight is 435 g/mol. The first-order valence-electron chi connectivity index (χ1n) is 11.1. The fourth-order valence-corrected chi connectivity index (χ4v) is 2.41.